The van der Waals surface area contributed by atoms with Gasteiger partial charge < -0.3 is 19.9 Å². The summed E-state index contributed by atoms with van der Waals surface area (Å²) in [5, 5.41) is 5.77. The van der Waals surface area contributed by atoms with E-state index in [9.17, 15) is 0 Å². The van der Waals surface area contributed by atoms with Gasteiger partial charge in [0.1, 0.15) is 24.0 Å². The van der Waals surface area contributed by atoms with Crippen LogP contribution >= 0.6 is 0 Å². The minimum absolute atomic E-state index is 0.521. The van der Waals surface area contributed by atoms with Crippen molar-refractivity contribution in [1.82, 2.24) is 24.8 Å². The Labute approximate surface area is 348 Å². The highest BCUT2D eigenvalue weighted by Crippen LogP contribution is 2.46. The molecular weight excluding hydrogens is 739 g/mol. The number of fused-ring (bicyclic) bond motifs is 4. The molecular formula is C52H39N7O. The summed E-state index contributed by atoms with van der Waals surface area (Å²) in [5.74, 6) is 4.01. The maximum atomic E-state index is 7.11. The molecule has 2 aromatic heterocycles. The SMILES string of the molecule is Cc1ccc(N2CN(c3cccc(Oc4cc5c(cc4-c4nc(-c6ccccc6)nc(-c6ccccc6)n4)c4ccccc4n5C4=CC=CCN4)c3)c3ccccc32)cc1. The van der Waals surface area contributed by atoms with Gasteiger partial charge in [0.15, 0.2) is 17.5 Å². The minimum atomic E-state index is 0.521. The van der Waals surface area contributed by atoms with Crippen LogP contribution in [0.15, 0.2) is 188 Å². The van der Waals surface area contributed by atoms with Crippen LogP contribution in [0.4, 0.5) is 22.7 Å². The highest BCUT2D eigenvalue weighted by Gasteiger charge is 2.28. The second-order valence-electron chi connectivity index (χ2n) is 15.0. The Bertz CT molecular complexity index is 3060. The zero-order valence-corrected chi connectivity index (χ0v) is 32.9. The summed E-state index contributed by atoms with van der Waals surface area (Å²) < 4.78 is 9.38. The molecule has 1 N–H and O–H groups in total. The van der Waals surface area contributed by atoms with Gasteiger partial charge in [-0.2, -0.15) is 0 Å². The first-order valence-electron chi connectivity index (χ1n) is 20.2. The van der Waals surface area contributed by atoms with Crippen LogP contribution in [0.3, 0.4) is 0 Å². The van der Waals surface area contributed by atoms with E-state index in [1.807, 2.05) is 66.7 Å². The number of para-hydroxylation sites is 3. The van der Waals surface area contributed by atoms with Crippen LogP contribution in [0.2, 0.25) is 0 Å². The van der Waals surface area contributed by atoms with Gasteiger partial charge >= 0.3 is 0 Å². The molecule has 0 radical (unpaired) electrons. The highest BCUT2D eigenvalue weighted by molar-refractivity contribution is 6.12. The zero-order valence-electron chi connectivity index (χ0n) is 32.9. The molecule has 60 heavy (non-hydrogen) atoms. The van der Waals surface area contributed by atoms with E-state index < -0.39 is 0 Å². The number of hydrogen-bond donors (Lipinski definition) is 1. The predicted octanol–water partition coefficient (Wildman–Crippen LogP) is 12.3. The summed E-state index contributed by atoms with van der Waals surface area (Å²) >= 11 is 0. The number of rotatable bonds is 8. The second-order valence-corrected chi connectivity index (χ2v) is 15.0. The van der Waals surface area contributed by atoms with E-state index in [2.05, 4.69) is 148 Å². The van der Waals surface area contributed by atoms with Gasteiger partial charge in [0.25, 0.3) is 0 Å². The first-order valence-corrected chi connectivity index (χ1v) is 20.2. The summed E-state index contributed by atoms with van der Waals surface area (Å²) in [6, 6.07) is 58.6. The molecule has 8 heteroatoms. The van der Waals surface area contributed by atoms with Crippen LogP contribution in [-0.4, -0.2) is 32.7 Å². The number of nitrogens with zero attached hydrogens (tertiary/aromatic N) is 6. The van der Waals surface area contributed by atoms with E-state index in [0.29, 0.717) is 35.6 Å². The maximum Gasteiger partial charge on any atom is 0.167 e. The van der Waals surface area contributed by atoms with Crippen molar-refractivity contribution in [3.05, 3.63) is 194 Å². The van der Waals surface area contributed by atoms with Crippen LogP contribution in [0.1, 0.15) is 5.56 Å². The Morgan fingerprint density at radius 2 is 1.20 bits per heavy atom. The highest BCUT2D eigenvalue weighted by atomic mass is 16.5. The van der Waals surface area contributed by atoms with Gasteiger partial charge in [-0.05, 0) is 61.5 Å². The van der Waals surface area contributed by atoms with Crippen LogP contribution in [0.5, 0.6) is 11.5 Å². The number of aromatic nitrogens is 4. The van der Waals surface area contributed by atoms with E-state index in [1.165, 1.54) is 5.56 Å². The fraction of sp³-hybridized carbons (Fsp3) is 0.0577. The molecule has 0 unspecified atom stereocenters. The molecule has 8 nitrogen and oxygen atoms in total. The average molecular weight is 778 g/mol. The van der Waals surface area contributed by atoms with E-state index in [0.717, 1.165) is 73.6 Å². The molecule has 11 rings (SSSR count). The van der Waals surface area contributed by atoms with Gasteiger partial charge in [0.2, 0.25) is 0 Å². The second kappa shape index (κ2) is 14.8. The normalized spacial score (nSPS) is 13.4. The van der Waals surface area contributed by atoms with Crippen molar-refractivity contribution >= 4 is 50.4 Å². The van der Waals surface area contributed by atoms with Crippen molar-refractivity contribution < 1.29 is 4.74 Å². The standard InChI is InChI=1S/C52H39N7O/c1-35-26-28-38(29-27-35)57-34-58(46-24-11-10-23-45(46)57)39-19-14-20-40(31-39)60-48-33-47-42(41-21-8-9-22-44(41)59(47)49-25-12-13-30-53-49)32-43(48)52-55-50(36-15-4-2-5-16-36)54-51(56-52)37-17-6-3-7-18-37/h2-29,31-33,53H,30,34H2,1H3. The summed E-state index contributed by atoms with van der Waals surface area (Å²) in [6.45, 7) is 3.52. The number of allylic oxidation sites excluding steroid dienone is 2. The Balaban J connectivity index is 1.09. The number of hydrogen-bond acceptors (Lipinski definition) is 7. The number of nitrogens with one attached hydrogen (secondary N) is 1. The van der Waals surface area contributed by atoms with Crippen LogP contribution in [0, 0.1) is 6.92 Å². The summed E-state index contributed by atoms with van der Waals surface area (Å²) in [7, 11) is 0. The minimum Gasteiger partial charge on any atom is -0.456 e. The van der Waals surface area contributed by atoms with Gasteiger partial charge in [-0.15, -0.1) is 0 Å². The van der Waals surface area contributed by atoms with E-state index in [1.54, 1.807) is 0 Å². The molecule has 0 aliphatic carbocycles. The van der Waals surface area contributed by atoms with Crippen molar-refractivity contribution in [3.63, 3.8) is 0 Å². The lowest BCUT2D eigenvalue weighted by Crippen LogP contribution is -2.23. The molecule has 2 aliphatic heterocycles. The van der Waals surface area contributed by atoms with Crippen LogP contribution in [-0.2, 0) is 0 Å². The lowest BCUT2D eigenvalue weighted by atomic mass is 10.1. The quantitative estimate of drug-likeness (QED) is 0.165. The molecule has 2 aliphatic rings. The van der Waals surface area contributed by atoms with E-state index in [-0.39, 0.29) is 0 Å². The Hall–Kier alpha value is -7.97. The molecule has 0 saturated carbocycles. The molecule has 288 valence electrons. The summed E-state index contributed by atoms with van der Waals surface area (Å²) in [4.78, 5) is 20.0. The van der Waals surface area contributed by atoms with Gasteiger partial charge in [0.05, 0.1) is 28.0 Å². The van der Waals surface area contributed by atoms with Crippen molar-refractivity contribution in [3.8, 4) is 45.7 Å². The molecule has 0 fully saturated rings. The third-order valence-corrected chi connectivity index (χ3v) is 11.2. The maximum absolute atomic E-state index is 7.11. The first-order chi connectivity index (χ1) is 29.6. The van der Waals surface area contributed by atoms with E-state index >= 15 is 0 Å². The van der Waals surface area contributed by atoms with E-state index in [4.69, 9.17) is 19.7 Å². The molecule has 0 atom stereocenters. The smallest absolute Gasteiger partial charge is 0.167 e. The predicted molar refractivity (Wildman–Crippen MR) is 244 cm³/mol. The number of benzene rings is 7. The third-order valence-electron chi connectivity index (χ3n) is 11.2. The fourth-order valence-electron chi connectivity index (χ4n) is 8.27. The van der Waals surface area contributed by atoms with Gasteiger partial charge in [-0.1, -0.05) is 127 Å². The Morgan fingerprint density at radius 1 is 0.550 bits per heavy atom. The molecule has 0 saturated heterocycles. The largest absolute Gasteiger partial charge is 0.456 e. The molecule has 7 aromatic carbocycles. The van der Waals surface area contributed by atoms with Crippen molar-refractivity contribution in [1.29, 1.82) is 0 Å². The lowest BCUT2D eigenvalue weighted by Gasteiger charge is -2.23. The molecule has 0 bridgehead atoms. The third kappa shape index (κ3) is 6.31. The number of anilines is 4. The zero-order chi connectivity index (χ0) is 40.0. The van der Waals surface area contributed by atoms with Crippen LogP contribution < -0.4 is 19.9 Å². The monoisotopic (exact) mass is 777 g/mol. The number of ether oxygens (including phenoxy) is 1. The molecule has 0 spiro atoms. The topological polar surface area (TPSA) is 71.3 Å². The number of dihydropyridines is 1. The van der Waals surface area contributed by atoms with Crippen LogP contribution in [0.25, 0.3) is 61.8 Å². The fourth-order valence-corrected chi connectivity index (χ4v) is 8.27. The Kier molecular flexibility index (Phi) is 8.66. The summed E-state index contributed by atoms with van der Waals surface area (Å²) in [5.41, 5.74) is 10.4. The number of aryl methyl sites for hydroxylation is 1. The average Bonchev–Trinajstić information content (AvgIpc) is 3.86. The molecule has 9 aromatic rings. The first kappa shape index (κ1) is 35.2. The van der Waals surface area contributed by atoms with Gasteiger partial charge in [0, 0.05) is 52.0 Å². The summed E-state index contributed by atoms with van der Waals surface area (Å²) in [6.07, 6.45) is 6.33. The Morgan fingerprint density at radius 3 is 1.90 bits per heavy atom. The molecule has 0 amide bonds. The van der Waals surface area contributed by atoms with Gasteiger partial charge in [-0.3, -0.25) is 4.57 Å². The lowest BCUT2D eigenvalue weighted by molar-refractivity contribution is 0.484. The van der Waals surface area contributed by atoms with Crippen molar-refractivity contribution in [2.75, 3.05) is 23.0 Å². The molecule has 4 heterocycles. The van der Waals surface area contributed by atoms with Gasteiger partial charge in [-0.25, -0.2) is 15.0 Å². The van der Waals surface area contributed by atoms with Crippen molar-refractivity contribution in [2.45, 2.75) is 6.92 Å². The van der Waals surface area contributed by atoms with Crippen molar-refractivity contribution in [2.24, 2.45) is 0 Å².